The SMILES string of the molecule is Nc1ccccc1Oc1cccc(C2(c3cccc(Oc4ccccc4N)c3)c3ccccc3-c3c(C(=O)O)cccc32)c1. The lowest BCUT2D eigenvalue weighted by molar-refractivity contribution is 0.0697. The van der Waals surface area contributed by atoms with Crippen molar-refractivity contribution in [3.05, 3.63) is 167 Å². The minimum atomic E-state index is -0.985. The highest BCUT2D eigenvalue weighted by molar-refractivity contribution is 6.01. The van der Waals surface area contributed by atoms with E-state index < -0.39 is 11.4 Å². The number of carbonyl (C=O) groups is 1. The van der Waals surface area contributed by atoms with Crippen LogP contribution in [-0.4, -0.2) is 11.1 Å². The summed E-state index contributed by atoms with van der Waals surface area (Å²) in [6, 6.07) is 43.9. The van der Waals surface area contributed by atoms with Gasteiger partial charge in [-0.15, -0.1) is 0 Å². The van der Waals surface area contributed by atoms with E-state index in [1.54, 1.807) is 24.3 Å². The highest BCUT2D eigenvalue weighted by Gasteiger charge is 2.47. The Labute approximate surface area is 254 Å². The molecule has 0 bridgehead atoms. The highest BCUT2D eigenvalue weighted by Crippen LogP contribution is 2.57. The molecule has 6 heteroatoms. The molecule has 6 aromatic rings. The summed E-state index contributed by atoms with van der Waals surface area (Å²) in [6.07, 6.45) is 0. The minimum absolute atomic E-state index is 0.241. The number of carboxylic acids is 1. The van der Waals surface area contributed by atoms with Crippen molar-refractivity contribution in [2.75, 3.05) is 11.5 Å². The summed E-state index contributed by atoms with van der Waals surface area (Å²) < 4.78 is 12.6. The number of nitrogens with two attached hydrogens (primary N) is 2. The summed E-state index contributed by atoms with van der Waals surface area (Å²) in [5.41, 5.74) is 18.0. The number of aromatic carboxylic acids is 1. The second-order valence-corrected chi connectivity index (χ2v) is 10.7. The van der Waals surface area contributed by atoms with Crippen LogP contribution in [0.5, 0.6) is 23.0 Å². The van der Waals surface area contributed by atoms with Crippen LogP contribution in [0.25, 0.3) is 11.1 Å². The van der Waals surface area contributed by atoms with Gasteiger partial charge in [-0.3, -0.25) is 0 Å². The second-order valence-electron chi connectivity index (χ2n) is 10.7. The Morgan fingerprint density at radius 1 is 0.568 bits per heavy atom. The number of anilines is 2. The predicted molar refractivity (Wildman–Crippen MR) is 173 cm³/mol. The lowest BCUT2D eigenvalue weighted by Gasteiger charge is -2.34. The smallest absolute Gasteiger partial charge is 0.336 e. The maximum atomic E-state index is 12.6. The van der Waals surface area contributed by atoms with Gasteiger partial charge in [0, 0.05) is 5.56 Å². The van der Waals surface area contributed by atoms with Crippen LogP contribution in [0, 0.1) is 0 Å². The van der Waals surface area contributed by atoms with Crippen molar-refractivity contribution >= 4 is 17.3 Å². The molecule has 214 valence electrons. The number of para-hydroxylation sites is 4. The topological polar surface area (TPSA) is 108 Å². The average molecular weight is 577 g/mol. The van der Waals surface area contributed by atoms with Crippen molar-refractivity contribution in [3.63, 3.8) is 0 Å². The molecular formula is C38H28N2O4. The van der Waals surface area contributed by atoms with Gasteiger partial charge in [0.1, 0.15) is 23.0 Å². The molecular weight excluding hydrogens is 548 g/mol. The van der Waals surface area contributed by atoms with Crippen molar-refractivity contribution < 1.29 is 19.4 Å². The molecule has 0 saturated heterocycles. The molecule has 0 aromatic heterocycles. The van der Waals surface area contributed by atoms with Crippen molar-refractivity contribution in [1.82, 2.24) is 0 Å². The van der Waals surface area contributed by atoms with Gasteiger partial charge in [-0.25, -0.2) is 4.79 Å². The summed E-state index contributed by atoms with van der Waals surface area (Å²) >= 11 is 0. The van der Waals surface area contributed by atoms with Gasteiger partial charge in [0.05, 0.1) is 22.4 Å². The fraction of sp³-hybridized carbons (Fsp3) is 0.0263. The molecule has 0 unspecified atom stereocenters. The summed E-state index contributed by atoms with van der Waals surface area (Å²) in [5, 5.41) is 10.3. The van der Waals surface area contributed by atoms with E-state index in [0.717, 1.165) is 27.8 Å². The van der Waals surface area contributed by atoms with E-state index in [9.17, 15) is 9.90 Å². The molecule has 0 spiro atoms. The number of carboxylic acid groups (broad SMARTS) is 1. The molecule has 6 aromatic carbocycles. The van der Waals surface area contributed by atoms with Gasteiger partial charge in [0.25, 0.3) is 0 Å². The number of hydrogen-bond acceptors (Lipinski definition) is 5. The first-order valence-corrected chi connectivity index (χ1v) is 14.2. The first-order valence-electron chi connectivity index (χ1n) is 14.2. The van der Waals surface area contributed by atoms with E-state index in [1.165, 1.54) is 0 Å². The number of nitrogen functional groups attached to an aromatic ring is 2. The summed E-state index contributed by atoms with van der Waals surface area (Å²) in [6.45, 7) is 0. The number of rotatable bonds is 7. The molecule has 1 aliphatic rings. The molecule has 0 amide bonds. The van der Waals surface area contributed by atoms with Crippen LogP contribution in [0.15, 0.2) is 140 Å². The molecule has 44 heavy (non-hydrogen) atoms. The lowest BCUT2D eigenvalue weighted by Crippen LogP contribution is -2.28. The van der Waals surface area contributed by atoms with E-state index >= 15 is 0 Å². The fourth-order valence-corrected chi connectivity index (χ4v) is 6.28. The number of ether oxygens (including phenoxy) is 2. The van der Waals surface area contributed by atoms with Crippen LogP contribution in [0.1, 0.15) is 32.6 Å². The number of fused-ring (bicyclic) bond motifs is 3. The van der Waals surface area contributed by atoms with E-state index in [-0.39, 0.29) is 5.56 Å². The third kappa shape index (κ3) is 4.32. The third-order valence-corrected chi connectivity index (χ3v) is 8.13. The van der Waals surface area contributed by atoms with Crippen LogP contribution >= 0.6 is 0 Å². The second kappa shape index (κ2) is 10.7. The van der Waals surface area contributed by atoms with E-state index in [2.05, 4.69) is 6.07 Å². The van der Waals surface area contributed by atoms with Crippen LogP contribution in [0.2, 0.25) is 0 Å². The molecule has 0 saturated carbocycles. The van der Waals surface area contributed by atoms with Gasteiger partial charge in [-0.05, 0) is 82.4 Å². The van der Waals surface area contributed by atoms with Gasteiger partial charge < -0.3 is 26.0 Å². The highest BCUT2D eigenvalue weighted by atomic mass is 16.5. The van der Waals surface area contributed by atoms with Crippen LogP contribution in [0.4, 0.5) is 11.4 Å². The Bertz CT molecular complexity index is 1960. The number of benzene rings is 6. The predicted octanol–water partition coefficient (Wildman–Crippen LogP) is 8.50. The minimum Gasteiger partial charge on any atom is -0.478 e. The zero-order chi connectivity index (χ0) is 30.3. The van der Waals surface area contributed by atoms with Gasteiger partial charge >= 0.3 is 5.97 Å². The van der Waals surface area contributed by atoms with Gasteiger partial charge in [0.2, 0.25) is 0 Å². The van der Waals surface area contributed by atoms with Crippen molar-refractivity contribution in [2.45, 2.75) is 5.41 Å². The summed E-state index contributed by atoms with van der Waals surface area (Å²) in [7, 11) is 0. The van der Waals surface area contributed by atoms with E-state index in [0.29, 0.717) is 39.9 Å². The van der Waals surface area contributed by atoms with Crippen LogP contribution in [-0.2, 0) is 5.41 Å². The maximum absolute atomic E-state index is 12.6. The van der Waals surface area contributed by atoms with E-state index in [1.807, 2.05) is 109 Å². The zero-order valence-corrected chi connectivity index (χ0v) is 23.6. The largest absolute Gasteiger partial charge is 0.478 e. The Kier molecular flexibility index (Phi) is 6.52. The standard InChI is InChI=1S/C38H28N2O4/c39-32-18-3-5-20-34(32)43-26-12-7-10-24(22-26)38(25-11-8-13-27(23-25)44-35-21-6-4-19-33(35)40)30-16-2-1-14-28(30)36-29(37(41)42)15-9-17-31(36)38/h1-23H,39-40H2,(H,41,42). The Morgan fingerprint density at radius 2 is 1.07 bits per heavy atom. The molecule has 6 nitrogen and oxygen atoms in total. The molecule has 0 heterocycles. The lowest BCUT2D eigenvalue weighted by atomic mass is 9.67. The summed E-state index contributed by atoms with van der Waals surface area (Å²) in [4.78, 5) is 12.6. The maximum Gasteiger partial charge on any atom is 0.336 e. The normalized spacial score (nSPS) is 12.6. The van der Waals surface area contributed by atoms with Crippen LogP contribution in [0.3, 0.4) is 0 Å². The molecule has 0 aliphatic heterocycles. The van der Waals surface area contributed by atoms with Crippen molar-refractivity contribution in [2.24, 2.45) is 0 Å². The molecule has 0 radical (unpaired) electrons. The Hall–Kier alpha value is -6.01. The van der Waals surface area contributed by atoms with Crippen molar-refractivity contribution in [3.8, 4) is 34.1 Å². The Balaban J connectivity index is 1.49. The van der Waals surface area contributed by atoms with Crippen LogP contribution < -0.4 is 20.9 Å². The molecule has 7 rings (SSSR count). The molecule has 5 N–H and O–H groups in total. The molecule has 0 atom stereocenters. The van der Waals surface area contributed by atoms with Gasteiger partial charge in [0.15, 0.2) is 0 Å². The Morgan fingerprint density at radius 3 is 1.64 bits per heavy atom. The quantitative estimate of drug-likeness (QED) is 0.164. The fourth-order valence-electron chi connectivity index (χ4n) is 6.28. The first kappa shape index (κ1) is 26.9. The average Bonchev–Trinajstić information content (AvgIpc) is 3.35. The van der Waals surface area contributed by atoms with Crippen molar-refractivity contribution in [1.29, 1.82) is 0 Å². The number of hydrogen-bond donors (Lipinski definition) is 3. The summed E-state index contributed by atoms with van der Waals surface area (Å²) in [5.74, 6) is 1.32. The monoisotopic (exact) mass is 576 g/mol. The third-order valence-electron chi connectivity index (χ3n) is 8.13. The van der Waals surface area contributed by atoms with Gasteiger partial charge in [-0.1, -0.05) is 84.9 Å². The zero-order valence-electron chi connectivity index (χ0n) is 23.6. The first-order chi connectivity index (χ1) is 21.5. The van der Waals surface area contributed by atoms with Gasteiger partial charge in [-0.2, -0.15) is 0 Å². The molecule has 0 fully saturated rings. The van der Waals surface area contributed by atoms with E-state index in [4.69, 9.17) is 20.9 Å². The molecule has 1 aliphatic carbocycles.